The molecular weight excluding hydrogens is 532 g/mol. The molecule has 0 N–H and O–H groups in total. The summed E-state index contributed by atoms with van der Waals surface area (Å²) in [7, 11) is 0. The molecule has 1 saturated carbocycles. The molecule has 2 aromatic heterocycles. The van der Waals surface area contributed by atoms with Gasteiger partial charge in [0.25, 0.3) is 0 Å². The molecular formula is C42H28N2. The Bertz CT molecular complexity index is 2600. The third-order valence-electron chi connectivity index (χ3n) is 11.9. The quantitative estimate of drug-likeness (QED) is 0.189. The van der Waals surface area contributed by atoms with Gasteiger partial charge in [0.15, 0.2) is 0 Å². The zero-order valence-electron chi connectivity index (χ0n) is 24.2. The topological polar surface area (TPSA) is 9.86 Å². The minimum absolute atomic E-state index is 0.163. The van der Waals surface area contributed by atoms with E-state index in [0.29, 0.717) is 11.8 Å². The molecule has 12 rings (SSSR count). The first-order chi connectivity index (χ1) is 21.9. The Labute approximate surface area is 254 Å². The van der Waals surface area contributed by atoms with Crippen molar-refractivity contribution in [3.8, 4) is 22.5 Å². The lowest BCUT2D eigenvalue weighted by molar-refractivity contribution is 0.383. The SMILES string of the molecule is c1ccc(-c2cc3c4c(c2)-n2c5ccccc5c5ccc6c(c52)C4(c2cccc4c5ccccc5n-6c24)C2CCCC32)cc1. The minimum Gasteiger partial charge on any atom is -0.309 e. The predicted molar refractivity (Wildman–Crippen MR) is 181 cm³/mol. The summed E-state index contributed by atoms with van der Waals surface area (Å²) in [5.74, 6) is 1.12. The number of nitrogens with zero attached hydrogens (tertiary/aromatic N) is 2. The Balaban J connectivity index is 1.39. The van der Waals surface area contributed by atoms with Crippen molar-refractivity contribution in [2.45, 2.75) is 30.6 Å². The van der Waals surface area contributed by atoms with E-state index in [-0.39, 0.29) is 5.41 Å². The van der Waals surface area contributed by atoms with Crippen LogP contribution in [0, 0.1) is 5.92 Å². The minimum atomic E-state index is -0.163. The zero-order chi connectivity index (χ0) is 28.3. The van der Waals surface area contributed by atoms with Crippen LogP contribution in [0.3, 0.4) is 0 Å². The molecule has 3 unspecified atom stereocenters. The maximum absolute atomic E-state index is 2.66. The van der Waals surface area contributed by atoms with Gasteiger partial charge in [0.1, 0.15) is 0 Å². The fourth-order valence-corrected chi connectivity index (χ4v) is 10.6. The summed E-state index contributed by atoms with van der Waals surface area (Å²) < 4.78 is 5.28. The number of fused-ring (bicyclic) bond motifs is 10. The lowest BCUT2D eigenvalue weighted by Gasteiger charge is -2.46. The summed E-state index contributed by atoms with van der Waals surface area (Å²) in [6.07, 6.45) is 3.85. The summed E-state index contributed by atoms with van der Waals surface area (Å²) in [5.41, 5.74) is 17.0. The number of benzene rings is 6. The van der Waals surface area contributed by atoms with Gasteiger partial charge in [-0.05, 0) is 76.8 Å². The lowest BCUT2D eigenvalue weighted by Crippen LogP contribution is -2.41. The Morgan fingerprint density at radius 3 is 2.05 bits per heavy atom. The van der Waals surface area contributed by atoms with Crippen LogP contribution < -0.4 is 0 Å². The Morgan fingerprint density at radius 1 is 0.523 bits per heavy atom. The number of hydrogen-bond acceptors (Lipinski definition) is 0. The van der Waals surface area contributed by atoms with Crippen molar-refractivity contribution in [1.82, 2.24) is 9.13 Å². The van der Waals surface area contributed by atoms with E-state index in [0.717, 1.165) is 0 Å². The maximum atomic E-state index is 2.66. The van der Waals surface area contributed by atoms with Gasteiger partial charge in [-0.3, -0.25) is 0 Å². The standard InChI is InChI=1S/C42H28N2/c1-2-10-24(11-3-1)25-22-31-26-14-8-16-32(26)42-33-17-9-15-29-27-12-4-6-18-34(27)43(40(29)33)36-21-20-30-28-13-5-7-19-35(28)44(41(30)39(36)42)37(23-25)38(31)42/h1-7,9-13,15,17-23,26,32H,8,14,16H2. The third-order valence-corrected chi connectivity index (χ3v) is 11.9. The van der Waals surface area contributed by atoms with Gasteiger partial charge in [-0.15, -0.1) is 0 Å². The van der Waals surface area contributed by atoms with Crippen LogP contribution in [-0.4, -0.2) is 9.13 Å². The lowest BCUT2D eigenvalue weighted by atomic mass is 9.60. The van der Waals surface area contributed by atoms with Gasteiger partial charge in [0.2, 0.25) is 0 Å². The van der Waals surface area contributed by atoms with E-state index < -0.39 is 0 Å². The number of hydrogen-bond donors (Lipinski definition) is 0. The molecule has 8 aromatic rings. The molecule has 0 saturated heterocycles. The van der Waals surface area contributed by atoms with Crippen molar-refractivity contribution in [2.75, 3.05) is 0 Å². The zero-order valence-corrected chi connectivity index (χ0v) is 24.2. The summed E-state index contributed by atoms with van der Waals surface area (Å²) in [6, 6.07) is 46.4. The molecule has 4 heterocycles. The highest BCUT2D eigenvalue weighted by molar-refractivity contribution is 6.17. The van der Waals surface area contributed by atoms with E-state index in [9.17, 15) is 0 Å². The Kier molecular flexibility index (Phi) is 3.75. The summed E-state index contributed by atoms with van der Waals surface area (Å²) in [6.45, 7) is 0. The molecule has 1 fully saturated rings. The maximum Gasteiger partial charge on any atom is 0.0606 e. The van der Waals surface area contributed by atoms with Crippen LogP contribution >= 0.6 is 0 Å². The largest absolute Gasteiger partial charge is 0.309 e. The fraction of sp³-hybridized carbons (Fsp3) is 0.143. The Hall–Kier alpha value is -5.08. The van der Waals surface area contributed by atoms with Crippen molar-refractivity contribution in [3.05, 3.63) is 144 Å². The monoisotopic (exact) mass is 560 g/mol. The van der Waals surface area contributed by atoms with Crippen LogP contribution in [0.4, 0.5) is 0 Å². The van der Waals surface area contributed by atoms with Crippen LogP contribution in [0.2, 0.25) is 0 Å². The van der Waals surface area contributed by atoms with Crippen molar-refractivity contribution in [3.63, 3.8) is 0 Å². The molecule has 1 spiro atoms. The van der Waals surface area contributed by atoms with Crippen molar-refractivity contribution in [1.29, 1.82) is 0 Å². The average Bonchev–Trinajstić information content (AvgIpc) is 3.84. The molecule has 6 aromatic carbocycles. The highest BCUT2D eigenvalue weighted by Gasteiger charge is 2.62. The highest BCUT2D eigenvalue weighted by atomic mass is 15.1. The second-order valence-electron chi connectivity index (χ2n) is 13.5. The van der Waals surface area contributed by atoms with Crippen LogP contribution in [0.25, 0.3) is 66.1 Å². The van der Waals surface area contributed by atoms with Crippen molar-refractivity contribution in [2.24, 2.45) is 5.92 Å². The van der Waals surface area contributed by atoms with Gasteiger partial charge >= 0.3 is 0 Å². The van der Waals surface area contributed by atoms with E-state index in [4.69, 9.17) is 0 Å². The molecule has 4 aliphatic rings. The fourth-order valence-electron chi connectivity index (χ4n) is 10.6. The predicted octanol–water partition coefficient (Wildman–Crippen LogP) is 10.4. The van der Waals surface area contributed by atoms with Gasteiger partial charge in [-0.1, -0.05) is 103 Å². The molecule has 44 heavy (non-hydrogen) atoms. The van der Waals surface area contributed by atoms with E-state index in [1.165, 1.54) is 90.9 Å². The molecule has 2 aliphatic heterocycles. The molecule has 3 atom stereocenters. The van der Waals surface area contributed by atoms with Crippen LogP contribution in [-0.2, 0) is 5.41 Å². The third kappa shape index (κ3) is 2.24. The van der Waals surface area contributed by atoms with Gasteiger partial charge in [-0.2, -0.15) is 0 Å². The van der Waals surface area contributed by atoms with Gasteiger partial charge in [-0.25, -0.2) is 0 Å². The van der Waals surface area contributed by atoms with Gasteiger partial charge in [0.05, 0.1) is 38.9 Å². The first-order valence-electron chi connectivity index (χ1n) is 16.2. The molecule has 0 radical (unpaired) electrons. The molecule has 2 heteroatoms. The van der Waals surface area contributed by atoms with Crippen LogP contribution in [0.5, 0.6) is 0 Å². The van der Waals surface area contributed by atoms with Crippen LogP contribution in [0.15, 0.2) is 121 Å². The molecule has 2 nitrogen and oxygen atoms in total. The first-order valence-corrected chi connectivity index (χ1v) is 16.2. The first kappa shape index (κ1) is 22.5. The van der Waals surface area contributed by atoms with Crippen LogP contribution in [0.1, 0.15) is 47.4 Å². The molecule has 0 amide bonds. The molecule has 2 aliphatic carbocycles. The second kappa shape index (κ2) is 7.34. The Morgan fingerprint density at radius 2 is 1.23 bits per heavy atom. The summed E-state index contributed by atoms with van der Waals surface area (Å²) in [5, 5.41) is 5.47. The number of para-hydroxylation sites is 3. The van der Waals surface area contributed by atoms with Gasteiger partial charge < -0.3 is 9.13 Å². The van der Waals surface area contributed by atoms with E-state index in [1.807, 2.05) is 0 Å². The van der Waals surface area contributed by atoms with E-state index in [2.05, 4.69) is 130 Å². The van der Waals surface area contributed by atoms with Crippen molar-refractivity contribution < 1.29 is 0 Å². The summed E-state index contributed by atoms with van der Waals surface area (Å²) in [4.78, 5) is 0. The second-order valence-corrected chi connectivity index (χ2v) is 13.5. The summed E-state index contributed by atoms with van der Waals surface area (Å²) >= 11 is 0. The van der Waals surface area contributed by atoms with E-state index >= 15 is 0 Å². The number of rotatable bonds is 1. The van der Waals surface area contributed by atoms with Crippen molar-refractivity contribution >= 4 is 43.6 Å². The van der Waals surface area contributed by atoms with E-state index in [1.54, 1.807) is 16.7 Å². The smallest absolute Gasteiger partial charge is 0.0606 e. The highest BCUT2D eigenvalue weighted by Crippen LogP contribution is 2.70. The molecule has 0 bridgehead atoms. The normalized spacial score (nSPS) is 21.9. The number of aromatic nitrogens is 2. The average molecular weight is 561 g/mol. The van der Waals surface area contributed by atoms with Gasteiger partial charge in [0, 0.05) is 27.1 Å². The molecule has 206 valence electrons.